The lowest BCUT2D eigenvalue weighted by molar-refractivity contribution is -0.125. The van der Waals surface area contributed by atoms with Gasteiger partial charge in [0.05, 0.1) is 32.7 Å². The summed E-state index contributed by atoms with van der Waals surface area (Å²) in [5.74, 6) is 2.29. The van der Waals surface area contributed by atoms with Crippen molar-refractivity contribution in [3.05, 3.63) is 47.5 Å². The van der Waals surface area contributed by atoms with Crippen LogP contribution in [0.4, 0.5) is 11.4 Å². The Balaban J connectivity index is 1.19. The average molecular weight is 535 g/mol. The number of hydrogen-bond donors (Lipinski definition) is 1. The normalized spacial score (nSPS) is 21.9. The van der Waals surface area contributed by atoms with E-state index in [2.05, 4.69) is 46.4 Å². The molecule has 0 atom stereocenters. The van der Waals surface area contributed by atoms with Crippen molar-refractivity contribution in [2.75, 3.05) is 50.1 Å². The zero-order valence-corrected chi connectivity index (χ0v) is 23.7. The number of rotatable bonds is 8. The summed E-state index contributed by atoms with van der Waals surface area (Å²) in [6.07, 6.45) is 5.11. The summed E-state index contributed by atoms with van der Waals surface area (Å²) < 4.78 is 11.5. The molecule has 1 N–H and O–H groups in total. The van der Waals surface area contributed by atoms with Crippen molar-refractivity contribution < 1.29 is 19.1 Å². The molecule has 2 aromatic rings. The zero-order chi connectivity index (χ0) is 27.5. The molecule has 2 aromatic carbocycles. The van der Waals surface area contributed by atoms with Crippen LogP contribution in [0.1, 0.15) is 50.7 Å². The van der Waals surface area contributed by atoms with E-state index in [1.807, 2.05) is 30.9 Å². The lowest BCUT2D eigenvalue weighted by atomic mass is 9.84. The number of methoxy groups -OCH3 is 1. The second-order valence-electron chi connectivity index (χ2n) is 11.5. The number of hydrogen-bond acceptors (Lipinski definition) is 6. The first-order valence-electron chi connectivity index (χ1n) is 14.3. The predicted octanol–water partition coefficient (Wildman–Crippen LogP) is 4.00. The van der Waals surface area contributed by atoms with Crippen LogP contribution in [0.3, 0.4) is 0 Å². The molecular weight excluding hydrogens is 492 g/mol. The molecule has 2 aliphatic heterocycles. The van der Waals surface area contributed by atoms with Crippen molar-refractivity contribution in [1.82, 2.24) is 10.2 Å². The van der Waals surface area contributed by atoms with Gasteiger partial charge in [-0.25, -0.2) is 0 Å². The van der Waals surface area contributed by atoms with Crippen LogP contribution >= 0.6 is 0 Å². The van der Waals surface area contributed by atoms with Gasteiger partial charge in [0.1, 0.15) is 0 Å². The Hall–Kier alpha value is -3.26. The van der Waals surface area contributed by atoms with Gasteiger partial charge in [0.2, 0.25) is 11.8 Å². The Morgan fingerprint density at radius 2 is 1.72 bits per heavy atom. The molecule has 0 spiro atoms. The first kappa shape index (κ1) is 27.3. The number of nitrogens with zero attached hydrogens (tertiary/aromatic N) is 3. The van der Waals surface area contributed by atoms with E-state index in [4.69, 9.17) is 9.47 Å². The van der Waals surface area contributed by atoms with Crippen LogP contribution in [0, 0.1) is 5.92 Å². The fraction of sp³-hybridized carbons (Fsp3) is 0.548. The number of ether oxygens (including phenoxy) is 2. The summed E-state index contributed by atoms with van der Waals surface area (Å²) >= 11 is 0. The van der Waals surface area contributed by atoms with Crippen LogP contribution in [0.2, 0.25) is 0 Å². The van der Waals surface area contributed by atoms with E-state index in [9.17, 15) is 9.59 Å². The van der Waals surface area contributed by atoms with Gasteiger partial charge in [0.25, 0.3) is 0 Å². The number of anilines is 2. The summed E-state index contributed by atoms with van der Waals surface area (Å²) in [5.41, 5.74) is 4.17. The first-order chi connectivity index (χ1) is 18.8. The lowest BCUT2D eigenvalue weighted by Gasteiger charge is -2.39. The second kappa shape index (κ2) is 11.9. The Morgan fingerprint density at radius 1 is 1.00 bits per heavy atom. The van der Waals surface area contributed by atoms with Crippen LogP contribution < -0.4 is 24.6 Å². The van der Waals surface area contributed by atoms with E-state index in [0.29, 0.717) is 43.0 Å². The van der Waals surface area contributed by atoms with E-state index < -0.39 is 0 Å². The molecule has 8 heteroatoms. The molecule has 8 nitrogen and oxygen atoms in total. The summed E-state index contributed by atoms with van der Waals surface area (Å²) in [6, 6.07) is 12.9. The molecule has 1 aliphatic carbocycles. The number of benzene rings is 2. The molecule has 1 saturated heterocycles. The Morgan fingerprint density at radius 3 is 2.38 bits per heavy atom. The monoisotopic (exact) mass is 534 g/mol. The molecule has 2 heterocycles. The maximum absolute atomic E-state index is 13.1. The highest BCUT2D eigenvalue weighted by molar-refractivity contribution is 5.96. The van der Waals surface area contributed by atoms with E-state index in [0.717, 1.165) is 42.1 Å². The Labute approximate surface area is 232 Å². The van der Waals surface area contributed by atoms with E-state index in [1.165, 1.54) is 25.7 Å². The van der Waals surface area contributed by atoms with Gasteiger partial charge in [-0.3, -0.25) is 14.5 Å². The molecule has 39 heavy (non-hydrogen) atoms. The zero-order valence-electron chi connectivity index (χ0n) is 23.7. The van der Waals surface area contributed by atoms with Crippen molar-refractivity contribution in [3.63, 3.8) is 0 Å². The quantitative estimate of drug-likeness (QED) is 0.552. The number of fused-ring (bicyclic) bond motifs is 1. The topological polar surface area (TPSA) is 74.4 Å². The molecule has 0 unspecified atom stereocenters. The molecular formula is C31H42N4O4. The van der Waals surface area contributed by atoms with Gasteiger partial charge in [0, 0.05) is 44.1 Å². The van der Waals surface area contributed by atoms with Crippen LogP contribution in [0.15, 0.2) is 36.4 Å². The van der Waals surface area contributed by atoms with Gasteiger partial charge < -0.3 is 24.6 Å². The van der Waals surface area contributed by atoms with Crippen molar-refractivity contribution in [1.29, 1.82) is 0 Å². The number of carbonyl (C=O) groups is 2. The third-order valence-corrected chi connectivity index (χ3v) is 8.35. The Kier molecular flexibility index (Phi) is 8.31. The highest BCUT2D eigenvalue weighted by Gasteiger charge is 2.30. The minimum absolute atomic E-state index is 0.0377. The van der Waals surface area contributed by atoms with Gasteiger partial charge in [0.15, 0.2) is 11.5 Å². The molecule has 3 aliphatic rings. The average Bonchev–Trinajstić information content (AvgIpc) is 2.93. The Bertz CT molecular complexity index is 1170. The maximum atomic E-state index is 13.1. The van der Waals surface area contributed by atoms with Crippen LogP contribution in [-0.2, 0) is 22.6 Å². The third-order valence-electron chi connectivity index (χ3n) is 8.35. The molecule has 0 bridgehead atoms. The molecule has 2 fully saturated rings. The summed E-state index contributed by atoms with van der Waals surface area (Å²) in [4.78, 5) is 31.4. The van der Waals surface area contributed by atoms with Crippen LogP contribution in [0.5, 0.6) is 11.5 Å². The summed E-state index contributed by atoms with van der Waals surface area (Å²) in [6.45, 7) is 7.82. The smallest absolute Gasteiger partial charge is 0.234 e. The number of amides is 2. The van der Waals surface area contributed by atoms with E-state index in [1.54, 1.807) is 7.11 Å². The number of carbonyl (C=O) groups excluding carboxylic acids is 2. The van der Waals surface area contributed by atoms with Crippen molar-refractivity contribution in [2.45, 2.75) is 64.6 Å². The largest absolute Gasteiger partial charge is 0.493 e. The molecule has 0 radical (unpaired) electrons. The molecule has 5 rings (SSSR count). The molecule has 0 aromatic heterocycles. The molecule has 2 amide bonds. The standard InChI is InChI=1S/C31H42N4O4/c1-21(2)39-29-16-24-19-35(31(37)17-23(24)15-28(29)38-4)27-11-9-25(10-12-27)33(3)18-22-5-7-26(8-6-22)34-14-13-32-30(36)20-34/h9-12,15-16,21-22,26H,5-8,13-14,17-20H2,1-4H3,(H,32,36)/t22-,26-. The van der Waals surface area contributed by atoms with Gasteiger partial charge in [-0.05, 0) is 93.0 Å². The van der Waals surface area contributed by atoms with Crippen molar-refractivity contribution in [2.24, 2.45) is 5.92 Å². The number of piperazine rings is 1. The second-order valence-corrected chi connectivity index (χ2v) is 11.5. The van der Waals surface area contributed by atoms with Gasteiger partial charge >= 0.3 is 0 Å². The predicted molar refractivity (Wildman–Crippen MR) is 154 cm³/mol. The minimum atomic E-state index is 0.0377. The minimum Gasteiger partial charge on any atom is -0.493 e. The van der Waals surface area contributed by atoms with Gasteiger partial charge in [-0.1, -0.05) is 0 Å². The van der Waals surface area contributed by atoms with Crippen LogP contribution in [-0.4, -0.2) is 69.2 Å². The maximum Gasteiger partial charge on any atom is 0.234 e. The van der Waals surface area contributed by atoms with E-state index >= 15 is 0 Å². The highest BCUT2D eigenvalue weighted by atomic mass is 16.5. The highest BCUT2D eigenvalue weighted by Crippen LogP contribution is 2.36. The fourth-order valence-corrected chi connectivity index (χ4v) is 6.26. The lowest BCUT2D eigenvalue weighted by Crippen LogP contribution is -2.52. The molecule has 1 saturated carbocycles. The third kappa shape index (κ3) is 6.32. The number of nitrogens with one attached hydrogen (secondary N) is 1. The van der Waals surface area contributed by atoms with Gasteiger partial charge in [-0.15, -0.1) is 0 Å². The van der Waals surface area contributed by atoms with Crippen LogP contribution in [0.25, 0.3) is 0 Å². The summed E-state index contributed by atoms with van der Waals surface area (Å²) in [5, 5.41) is 2.93. The fourth-order valence-electron chi connectivity index (χ4n) is 6.26. The molecule has 210 valence electrons. The first-order valence-corrected chi connectivity index (χ1v) is 14.3. The van der Waals surface area contributed by atoms with Crippen molar-refractivity contribution in [3.8, 4) is 11.5 Å². The SMILES string of the molecule is COc1cc2c(cc1OC(C)C)CN(c1ccc(N(C)C[C@H]3CC[C@H](N4CCNC(=O)C4)CC3)cc1)C(=O)C2. The van der Waals surface area contributed by atoms with Gasteiger partial charge in [-0.2, -0.15) is 0 Å². The van der Waals surface area contributed by atoms with E-state index in [-0.39, 0.29) is 17.9 Å². The summed E-state index contributed by atoms with van der Waals surface area (Å²) in [7, 11) is 3.79. The van der Waals surface area contributed by atoms with Crippen molar-refractivity contribution >= 4 is 23.2 Å².